The van der Waals surface area contributed by atoms with Gasteiger partial charge in [-0.2, -0.15) is 10.1 Å². The van der Waals surface area contributed by atoms with Gasteiger partial charge in [-0.3, -0.25) is 19.7 Å². The van der Waals surface area contributed by atoms with Crippen LogP contribution in [0.15, 0.2) is 41.5 Å². The first-order chi connectivity index (χ1) is 11.6. The van der Waals surface area contributed by atoms with E-state index < -0.39 is 4.92 Å². The molecule has 5 rings (SSSR count). The van der Waals surface area contributed by atoms with Gasteiger partial charge < -0.3 is 0 Å². The summed E-state index contributed by atoms with van der Waals surface area (Å²) in [6, 6.07) is 5.79. The number of nitrogens with zero attached hydrogens (tertiary/aromatic N) is 3. The molecule has 0 unspecified atom stereocenters. The molecule has 2 amide bonds. The van der Waals surface area contributed by atoms with Crippen LogP contribution in [0, 0.1) is 33.8 Å². The molecule has 1 saturated heterocycles. The molecule has 7 nitrogen and oxygen atoms in total. The van der Waals surface area contributed by atoms with E-state index in [4.69, 9.17) is 0 Å². The van der Waals surface area contributed by atoms with Gasteiger partial charge in [0.1, 0.15) is 0 Å². The SMILES string of the molecule is O=C1[C@H]2[C@H](C(=O)N1/N=C\c1ccc([N+](=O)[O-])cc1)[C@@H]1C=C[C@@H]2CC1. The van der Waals surface area contributed by atoms with Crippen LogP contribution in [0.3, 0.4) is 0 Å². The second-order valence-corrected chi connectivity index (χ2v) is 6.42. The predicted octanol–water partition coefficient (Wildman–Crippen LogP) is 2.13. The Labute approximate surface area is 137 Å². The third-order valence-electron chi connectivity index (χ3n) is 5.16. The largest absolute Gasteiger partial charge is 0.272 e. The zero-order valence-electron chi connectivity index (χ0n) is 12.7. The van der Waals surface area contributed by atoms with E-state index in [1.54, 1.807) is 0 Å². The predicted molar refractivity (Wildman–Crippen MR) is 84.9 cm³/mol. The van der Waals surface area contributed by atoms with E-state index in [1.807, 2.05) is 0 Å². The molecule has 1 heterocycles. The van der Waals surface area contributed by atoms with Crippen LogP contribution in [0.25, 0.3) is 0 Å². The van der Waals surface area contributed by atoms with Gasteiger partial charge in [-0.15, -0.1) is 0 Å². The number of imide groups is 1. The summed E-state index contributed by atoms with van der Waals surface area (Å²) in [7, 11) is 0. The van der Waals surface area contributed by atoms with Crippen molar-refractivity contribution in [3.8, 4) is 0 Å². The fourth-order valence-corrected chi connectivity index (χ4v) is 3.98. The Morgan fingerprint density at radius 3 is 2.04 bits per heavy atom. The summed E-state index contributed by atoms with van der Waals surface area (Å²) < 4.78 is 0. The molecule has 24 heavy (non-hydrogen) atoms. The summed E-state index contributed by atoms with van der Waals surface area (Å²) in [6.45, 7) is 0. The number of amides is 2. The smallest absolute Gasteiger partial charge is 0.269 e. The van der Waals surface area contributed by atoms with Crippen molar-refractivity contribution in [2.75, 3.05) is 0 Å². The quantitative estimate of drug-likeness (QED) is 0.280. The highest BCUT2D eigenvalue weighted by Crippen LogP contribution is 2.49. The Morgan fingerprint density at radius 1 is 1.04 bits per heavy atom. The van der Waals surface area contributed by atoms with Crippen molar-refractivity contribution in [3.05, 3.63) is 52.1 Å². The van der Waals surface area contributed by atoms with E-state index in [1.165, 1.54) is 30.5 Å². The molecule has 0 N–H and O–H groups in total. The number of benzene rings is 1. The Morgan fingerprint density at radius 2 is 1.58 bits per heavy atom. The van der Waals surface area contributed by atoms with Gasteiger partial charge in [0.15, 0.2) is 0 Å². The number of hydrogen-bond donors (Lipinski definition) is 0. The lowest BCUT2D eigenvalue weighted by molar-refractivity contribution is -0.384. The Hall–Kier alpha value is -2.83. The van der Waals surface area contributed by atoms with E-state index in [2.05, 4.69) is 17.3 Å². The molecule has 2 bridgehead atoms. The molecule has 4 aliphatic rings. The number of hydrazone groups is 1. The lowest BCUT2D eigenvalue weighted by atomic mass is 9.63. The Balaban J connectivity index is 1.56. The fraction of sp³-hybridized carbons (Fsp3) is 0.353. The second-order valence-electron chi connectivity index (χ2n) is 6.42. The third-order valence-corrected chi connectivity index (χ3v) is 5.16. The molecule has 3 aliphatic carbocycles. The van der Waals surface area contributed by atoms with E-state index in [-0.39, 0.29) is 41.2 Å². The maximum absolute atomic E-state index is 12.6. The highest BCUT2D eigenvalue weighted by atomic mass is 16.6. The van der Waals surface area contributed by atoms with Gasteiger partial charge in [-0.25, -0.2) is 0 Å². The number of allylic oxidation sites excluding steroid dienone is 2. The molecular formula is C17H15N3O4. The number of fused-ring (bicyclic) bond motifs is 1. The lowest BCUT2D eigenvalue weighted by Crippen LogP contribution is -2.38. The molecule has 2 fully saturated rings. The average Bonchev–Trinajstić information content (AvgIpc) is 2.87. The topological polar surface area (TPSA) is 92.9 Å². The number of carbonyl (C=O) groups is 2. The molecular weight excluding hydrogens is 310 g/mol. The van der Waals surface area contributed by atoms with Gasteiger partial charge >= 0.3 is 0 Å². The maximum Gasteiger partial charge on any atom is 0.269 e. The number of hydrogen-bond acceptors (Lipinski definition) is 5. The summed E-state index contributed by atoms with van der Waals surface area (Å²) in [4.78, 5) is 35.3. The molecule has 4 atom stereocenters. The second kappa shape index (κ2) is 5.36. The maximum atomic E-state index is 12.6. The first-order valence-corrected chi connectivity index (χ1v) is 7.91. The minimum absolute atomic E-state index is 0.0193. The van der Waals surface area contributed by atoms with Crippen LogP contribution in [0.1, 0.15) is 18.4 Å². The monoisotopic (exact) mass is 325 g/mol. The number of rotatable bonds is 3. The number of carbonyl (C=O) groups excluding carboxylic acids is 2. The molecule has 122 valence electrons. The van der Waals surface area contributed by atoms with E-state index in [0.717, 1.165) is 17.9 Å². The molecule has 1 aromatic rings. The van der Waals surface area contributed by atoms with Gasteiger partial charge in [0, 0.05) is 12.1 Å². The summed E-state index contributed by atoms with van der Waals surface area (Å²) in [6.07, 6.45) is 7.41. The van der Waals surface area contributed by atoms with Crippen molar-refractivity contribution in [2.24, 2.45) is 28.8 Å². The lowest BCUT2D eigenvalue weighted by Gasteiger charge is -2.37. The molecule has 0 radical (unpaired) electrons. The highest BCUT2D eigenvalue weighted by molar-refractivity contribution is 6.06. The zero-order valence-corrected chi connectivity index (χ0v) is 12.7. The molecule has 0 spiro atoms. The fourth-order valence-electron chi connectivity index (χ4n) is 3.98. The van der Waals surface area contributed by atoms with Gasteiger partial charge in [0.05, 0.1) is 23.0 Å². The minimum Gasteiger partial charge on any atom is -0.272 e. The normalized spacial score (nSPS) is 31.1. The first-order valence-electron chi connectivity index (χ1n) is 7.91. The van der Waals surface area contributed by atoms with Crippen LogP contribution in [-0.4, -0.2) is 28.0 Å². The molecule has 7 heteroatoms. The van der Waals surface area contributed by atoms with E-state index >= 15 is 0 Å². The average molecular weight is 325 g/mol. The number of non-ortho nitro benzene ring substituents is 1. The van der Waals surface area contributed by atoms with Gasteiger partial charge in [-0.1, -0.05) is 12.2 Å². The van der Waals surface area contributed by atoms with Crippen molar-refractivity contribution in [2.45, 2.75) is 12.8 Å². The van der Waals surface area contributed by atoms with E-state index in [0.29, 0.717) is 5.56 Å². The van der Waals surface area contributed by atoms with Crippen LogP contribution < -0.4 is 0 Å². The molecule has 0 aromatic heterocycles. The Kier molecular flexibility index (Phi) is 3.30. The third kappa shape index (κ3) is 2.16. The molecule has 1 saturated carbocycles. The van der Waals surface area contributed by atoms with Crippen molar-refractivity contribution in [1.29, 1.82) is 0 Å². The van der Waals surface area contributed by atoms with Crippen molar-refractivity contribution >= 4 is 23.7 Å². The van der Waals surface area contributed by atoms with Crippen LogP contribution in [0.5, 0.6) is 0 Å². The van der Waals surface area contributed by atoms with Gasteiger partial charge in [0.25, 0.3) is 17.5 Å². The van der Waals surface area contributed by atoms with Gasteiger partial charge in [-0.05, 0) is 42.4 Å². The van der Waals surface area contributed by atoms with Crippen molar-refractivity contribution in [1.82, 2.24) is 5.01 Å². The molecule has 1 aromatic carbocycles. The van der Waals surface area contributed by atoms with Crippen LogP contribution >= 0.6 is 0 Å². The van der Waals surface area contributed by atoms with E-state index in [9.17, 15) is 19.7 Å². The number of nitro benzene ring substituents is 1. The summed E-state index contributed by atoms with van der Waals surface area (Å²) in [5.74, 6) is -0.762. The van der Waals surface area contributed by atoms with Crippen LogP contribution in [0.4, 0.5) is 5.69 Å². The number of nitro groups is 1. The first kappa shape index (κ1) is 14.7. The summed E-state index contributed by atoms with van der Waals surface area (Å²) in [5, 5.41) is 15.7. The van der Waals surface area contributed by atoms with Crippen molar-refractivity contribution in [3.63, 3.8) is 0 Å². The van der Waals surface area contributed by atoms with Crippen LogP contribution in [0.2, 0.25) is 0 Å². The summed E-state index contributed by atoms with van der Waals surface area (Å²) in [5.41, 5.74) is 0.575. The highest BCUT2D eigenvalue weighted by Gasteiger charge is 2.56. The van der Waals surface area contributed by atoms with Gasteiger partial charge in [0.2, 0.25) is 0 Å². The van der Waals surface area contributed by atoms with Crippen LogP contribution in [-0.2, 0) is 9.59 Å². The minimum atomic E-state index is -0.484. The van der Waals surface area contributed by atoms with Crippen molar-refractivity contribution < 1.29 is 14.5 Å². The summed E-state index contributed by atoms with van der Waals surface area (Å²) >= 11 is 0. The zero-order chi connectivity index (χ0) is 16.8. The molecule has 1 aliphatic heterocycles. The standard InChI is InChI=1S/C17H15N3O4/c21-16-14-11-3-4-12(6-5-11)15(14)17(22)19(16)18-9-10-1-7-13(8-2-10)20(23)24/h1-4,7-9,11-12,14-15H,5-6H2/b18-9-/t11-,12-,14-,15-/m1/s1. The Bertz CT molecular complexity index is 752.